The third kappa shape index (κ3) is 4.08. The molecule has 2 aromatic heterocycles. The maximum Gasteiger partial charge on any atom is 0.322 e. The average Bonchev–Trinajstić information content (AvgIpc) is 3.42. The van der Waals surface area contributed by atoms with E-state index in [1.54, 1.807) is 10.9 Å². The second-order valence-electron chi connectivity index (χ2n) is 6.24. The van der Waals surface area contributed by atoms with Gasteiger partial charge < -0.3 is 10.2 Å². The first-order valence-corrected chi connectivity index (χ1v) is 9.87. The van der Waals surface area contributed by atoms with Crippen LogP contribution in [-0.4, -0.2) is 48.4 Å². The molecule has 27 heavy (non-hydrogen) atoms. The number of tetrazole rings is 1. The first-order chi connectivity index (χ1) is 13.2. The predicted molar refractivity (Wildman–Crippen MR) is 103 cm³/mol. The molecule has 1 saturated carbocycles. The molecule has 0 spiro atoms. The van der Waals surface area contributed by atoms with Crippen LogP contribution in [0.3, 0.4) is 0 Å². The Hall–Kier alpha value is -2.94. The Bertz CT molecular complexity index is 926. The second-order valence-corrected chi connectivity index (χ2v) is 7.01. The van der Waals surface area contributed by atoms with Crippen LogP contribution in [-0.2, 0) is 6.54 Å². The molecule has 2 heterocycles. The molecule has 0 unspecified atom stereocenters. The van der Waals surface area contributed by atoms with Crippen molar-refractivity contribution in [2.45, 2.75) is 30.6 Å². The van der Waals surface area contributed by atoms with Crippen LogP contribution >= 0.6 is 11.8 Å². The summed E-state index contributed by atoms with van der Waals surface area (Å²) in [4.78, 5) is 19.0. The summed E-state index contributed by atoms with van der Waals surface area (Å²) in [6.45, 7) is 0.501. The van der Waals surface area contributed by atoms with Gasteiger partial charge in [-0.05, 0) is 59.9 Å². The van der Waals surface area contributed by atoms with Crippen molar-refractivity contribution in [3.63, 3.8) is 0 Å². The highest BCUT2D eigenvalue weighted by Gasteiger charge is 2.33. The van der Waals surface area contributed by atoms with E-state index in [9.17, 15) is 4.79 Å². The number of thioether (sulfide) groups is 1. The minimum absolute atomic E-state index is 0.123. The number of urea groups is 1. The van der Waals surface area contributed by atoms with Gasteiger partial charge in [-0.25, -0.2) is 4.79 Å². The molecule has 1 aliphatic rings. The highest BCUT2D eigenvalue weighted by atomic mass is 32.2. The number of carbonyl (C=O) groups is 1. The van der Waals surface area contributed by atoms with E-state index in [0.717, 1.165) is 24.2 Å². The third-order valence-corrected chi connectivity index (χ3v) is 4.89. The highest BCUT2D eigenvalue weighted by molar-refractivity contribution is 7.98. The molecule has 138 valence electrons. The van der Waals surface area contributed by atoms with E-state index < -0.39 is 0 Å². The van der Waals surface area contributed by atoms with Crippen LogP contribution in [0.1, 0.15) is 18.5 Å². The highest BCUT2D eigenvalue weighted by Crippen LogP contribution is 2.29. The van der Waals surface area contributed by atoms with Crippen molar-refractivity contribution in [2.75, 3.05) is 11.6 Å². The summed E-state index contributed by atoms with van der Waals surface area (Å²) in [5.74, 6) is 0. The van der Waals surface area contributed by atoms with Gasteiger partial charge in [0.2, 0.25) is 5.16 Å². The van der Waals surface area contributed by atoms with E-state index in [1.807, 2.05) is 53.6 Å². The van der Waals surface area contributed by atoms with Gasteiger partial charge in [0.25, 0.3) is 0 Å². The van der Waals surface area contributed by atoms with Crippen molar-refractivity contribution in [3.8, 4) is 5.69 Å². The van der Waals surface area contributed by atoms with Gasteiger partial charge in [0.05, 0.1) is 17.9 Å². The molecular weight excluding hydrogens is 362 g/mol. The number of nitrogens with zero attached hydrogens (tertiary/aromatic N) is 6. The number of amides is 2. The van der Waals surface area contributed by atoms with Crippen LogP contribution in [0.2, 0.25) is 0 Å². The van der Waals surface area contributed by atoms with E-state index in [4.69, 9.17) is 0 Å². The number of hydrogen-bond donors (Lipinski definition) is 1. The zero-order chi connectivity index (χ0) is 18.6. The Kier molecular flexibility index (Phi) is 5.01. The van der Waals surface area contributed by atoms with Crippen molar-refractivity contribution in [1.29, 1.82) is 0 Å². The molecule has 9 heteroatoms. The van der Waals surface area contributed by atoms with Crippen molar-refractivity contribution < 1.29 is 4.79 Å². The topological polar surface area (TPSA) is 88.8 Å². The number of nitrogens with one attached hydrogen (secondary N) is 1. The normalized spacial score (nSPS) is 13.4. The molecule has 0 radical (unpaired) electrons. The van der Waals surface area contributed by atoms with Crippen LogP contribution in [0.5, 0.6) is 0 Å². The molecule has 0 bridgehead atoms. The lowest BCUT2D eigenvalue weighted by molar-refractivity contribution is 0.205. The average molecular weight is 381 g/mol. The van der Waals surface area contributed by atoms with Gasteiger partial charge in [-0.3, -0.25) is 4.98 Å². The van der Waals surface area contributed by atoms with Gasteiger partial charge in [-0.1, -0.05) is 23.9 Å². The standard InChI is InChI=1S/C18H19N7OS/c1-27-18-21-22-23-25(18)16-7-4-6-13(11-16)20-17(26)24(15-8-9-15)12-14-5-2-3-10-19-14/h2-7,10-11,15H,8-9,12H2,1H3,(H,20,26). The Labute approximate surface area is 161 Å². The number of rotatable bonds is 6. The van der Waals surface area contributed by atoms with Gasteiger partial charge in [0, 0.05) is 17.9 Å². The zero-order valence-electron chi connectivity index (χ0n) is 14.8. The van der Waals surface area contributed by atoms with Crippen LogP contribution in [0.15, 0.2) is 53.8 Å². The van der Waals surface area contributed by atoms with E-state index in [-0.39, 0.29) is 12.1 Å². The van der Waals surface area contributed by atoms with Crippen molar-refractivity contribution in [3.05, 3.63) is 54.4 Å². The summed E-state index contributed by atoms with van der Waals surface area (Å²) >= 11 is 1.46. The van der Waals surface area contributed by atoms with Gasteiger partial charge in [0.15, 0.2) is 0 Å². The van der Waals surface area contributed by atoms with Crippen molar-refractivity contribution in [2.24, 2.45) is 0 Å². The summed E-state index contributed by atoms with van der Waals surface area (Å²) in [7, 11) is 0. The Morgan fingerprint density at radius 2 is 2.19 bits per heavy atom. The first kappa shape index (κ1) is 17.5. The number of carbonyl (C=O) groups excluding carboxylic acids is 1. The Morgan fingerprint density at radius 1 is 1.30 bits per heavy atom. The van der Waals surface area contributed by atoms with Crippen LogP contribution < -0.4 is 5.32 Å². The Morgan fingerprint density at radius 3 is 2.93 bits per heavy atom. The number of hydrogen-bond acceptors (Lipinski definition) is 6. The van der Waals surface area contributed by atoms with E-state index >= 15 is 0 Å². The van der Waals surface area contributed by atoms with Crippen molar-refractivity contribution in [1.82, 2.24) is 30.1 Å². The molecule has 1 N–H and O–H groups in total. The molecule has 4 rings (SSSR count). The first-order valence-electron chi connectivity index (χ1n) is 8.65. The van der Waals surface area contributed by atoms with Crippen LogP contribution in [0.4, 0.5) is 10.5 Å². The smallest absolute Gasteiger partial charge is 0.316 e. The van der Waals surface area contributed by atoms with E-state index in [0.29, 0.717) is 17.4 Å². The number of aromatic nitrogens is 5. The molecule has 8 nitrogen and oxygen atoms in total. The molecule has 1 aliphatic carbocycles. The summed E-state index contributed by atoms with van der Waals surface area (Å²) in [6.07, 6.45) is 5.72. The van der Waals surface area contributed by atoms with Gasteiger partial charge >= 0.3 is 6.03 Å². The predicted octanol–water partition coefficient (Wildman–Crippen LogP) is 2.98. The molecule has 0 aliphatic heterocycles. The van der Waals surface area contributed by atoms with Crippen LogP contribution in [0.25, 0.3) is 5.69 Å². The molecule has 0 atom stereocenters. The summed E-state index contributed by atoms with van der Waals surface area (Å²) < 4.78 is 1.65. The fraction of sp³-hybridized carbons (Fsp3) is 0.278. The number of benzene rings is 1. The molecule has 0 saturated heterocycles. The lowest BCUT2D eigenvalue weighted by atomic mass is 10.2. The lowest BCUT2D eigenvalue weighted by Gasteiger charge is -2.22. The number of pyridine rings is 1. The molecule has 1 fully saturated rings. The van der Waals surface area contributed by atoms with Gasteiger partial charge in [-0.2, -0.15) is 4.68 Å². The fourth-order valence-electron chi connectivity index (χ4n) is 2.80. The minimum Gasteiger partial charge on any atom is -0.316 e. The van der Waals surface area contributed by atoms with E-state index in [2.05, 4.69) is 25.8 Å². The second kappa shape index (κ2) is 7.75. The largest absolute Gasteiger partial charge is 0.322 e. The SMILES string of the molecule is CSc1nnnn1-c1cccc(NC(=O)N(Cc2ccccn2)C2CC2)c1. The molecule has 1 aromatic carbocycles. The summed E-state index contributed by atoms with van der Waals surface area (Å²) in [6, 6.07) is 13.4. The van der Waals surface area contributed by atoms with Gasteiger partial charge in [0.1, 0.15) is 0 Å². The maximum atomic E-state index is 12.9. The lowest BCUT2D eigenvalue weighted by Crippen LogP contribution is -2.36. The molecule has 3 aromatic rings. The zero-order valence-corrected chi connectivity index (χ0v) is 15.6. The van der Waals surface area contributed by atoms with Crippen molar-refractivity contribution >= 4 is 23.5 Å². The monoisotopic (exact) mass is 381 g/mol. The molecule has 2 amide bonds. The minimum atomic E-state index is -0.123. The van der Waals surface area contributed by atoms with Gasteiger partial charge in [-0.15, -0.1) is 5.10 Å². The van der Waals surface area contributed by atoms with E-state index in [1.165, 1.54) is 11.8 Å². The maximum absolute atomic E-state index is 12.9. The Balaban J connectivity index is 1.51. The molecular formula is C18H19N7OS. The summed E-state index contributed by atoms with van der Waals surface area (Å²) in [5.41, 5.74) is 2.38. The van der Waals surface area contributed by atoms with Crippen LogP contribution in [0, 0.1) is 0 Å². The third-order valence-electron chi connectivity index (χ3n) is 4.27. The number of anilines is 1. The fourth-order valence-corrected chi connectivity index (χ4v) is 3.23. The summed E-state index contributed by atoms with van der Waals surface area (Å²) in [5, 5.41) is 15.4. The quantitative estimate of drug-likeness (QED) is 0.661.